The lowest BCUT2D eigenvalue weighted by molar-refractivity contribution is -0.150. The van der Waals surface area contributed by atoms with Gasteiger partial charge >= 0.3 is 5.97 Å². The number of anilines is 1. The van der Waals surface area contributed by atoms with Gasteiger partial charge in [0, 0.05) is 17.0 Å². The van der Waals surface area contributed by atoms with E-state index in [-0.39, 0.29) is 5.91 Å². The third kappa shape index (κ3) is 6.29. The minimum Gasteiger partial charge on any atom is -0.454 e. The molecule has 0 aliphatic carbocycles. The van der Waals surface area contributed by atoms with Gasteiger partial charge in [-0.2, -0.15) is 5.10 Å². The topological polar surface area (TPSA) is 102 Å². The molecular weight excluding hydrogens is 420 g/mol. The zero-order chi connectivity index (χ0) is 24.0. The molecule has 8 nitrogen and oxygen atoms in total. The molecule has 3 aromatic rings. The fourth-order valence-electron chi connectivity index (χ4n) is 2.90. The Labute approximate surface area is 193 Å². The van der Waals surface area contributed by atoms with Crippen molar-refractivity contribution in [2.75, 3.05) is 11.9 Å². The first-order valence-corrected chi connectivity index (χ1v) is 10.6. The molecule has 1 heterocycles. The molecule has 3 rings (SSSR count). The number of carbonyl (C=O) groups is 3. The van der Waals surface area contributed by atoms with Gasteiger partial charge in [-0.1, -0.05) is 69.3 Å². The second-order valence-electron chi connectivity index (χ2n) is 8.63. The summed E-state index contributed by atoms with van der Waals surface area (Å²) in [5, 5.41) is 9.97. The van der Waals surface area contributed by atoms with Crippen molar-refractivity contribution in [2.24, 2.45) is 5.41 Å². The van der Waals surface area contributed by atoms with Crippen molar-refractivity contribution in [3.63, 3.8) is 0 Å². The lowest BCUT2D eigenvalue weighted by Crippen LogP contribution is -2.45. The molecule has 2 N–H and O–H groups in total. The summed E-state index contributed by atoms with van der Waals surface area (Å²) in [6.45, 7) is 6.25. The van der Waals surface area contributed by atoms with E-state index in [9.17, 15) is 14.4 Å². The van der Waals surface area contributed by atoms with Gasteiger partial charge in [-0.3, -0.25) is 9.59 Å². The third-order valence-corrected chi connectivity index (χ3v) is 4.78. The quantitative estimate of drug-likeness (QED) is 0.538. The predicted molar refractivity (Wildman–Crippen MR) is 126 cm³/mol. The number of rotatable bonds is 7. The Balaban J connectivity index is 1.69. The van der Waals surface area contributed by atoms with Crippen LogP contribution < -0.4 is 10.6 Å². The lowest BCUT2D eigenvalue weighted by atomic mass is 9.95. The molecule has 1 unspecified atom stereocenters. The number of esters is 1. The van der Waals surface area contributed by atoms with Crippen LogP contribution in [0.1, 0.15) is 27.7 Å². The molecule has 0 aliphatic rings. The third-order valence-electron chi connectivity index (χ3n) is 4.78. The van der Waals surface area contributed by atoms with Crippen molar-refractivity contribution in [2.45, 2.75) is 33.7 Å². The highest BCUT2D eigenvalue weighted by molar-refractivity contribution is 5.94. The summed E-state index contributed by atoms with van der Waals surface area (Å²) in [5.41, 5.74) is 1.71. The maximum Gasteiger partial charge on any atom is 0.328 e. The van der Waals surface area contributed by atoms with Gasteiger partial charge in [0.15, 0.2) is 6.61 Å². The van der Waals surface area contributed by atoms with Crippen LogP contribution in [0, 0.1) is 5.41 Å². The second-order valence-corrected chi connectivity index (χ2v) is 8.63. The number of nitrogens with one attached hydrogen (secondary N) is 2. The fourth-order valence-corrected chi connectivity index (χ4v) is 2.90. The summed E-state index contributed by atoms with van der Waals surface area (Å²) in [5.74, 6) is -1.05. The van der Waals surface area contributed by atoms with Crippen molar-refractivity contribution < 1.29 is 19.1 Å². The normalized spacial score (nSPS) is 12.0. The average molecular weight is 449 g/mol. The van der Waals surface area contributed by atoms with Crippen molar-refractivity contribution in [3.05, 3.63) is 66.7 Å². The number of aromatic nitrogens is 2. The first-order chi connectivity index (χ1) is 15.6. The minimum atomic E-state index is -0.871. The summed E-state index contributed by atoms with van der Waals surface area (Å²) in [6, 6.07) is 19.9. The molecule has 8 heteroatoms. The predicted octanol–water partition coefficient (Wildman–Crippen LogP) is 3.57. The van der Waals surface area contributed by atoms with Gasteiger partial charge in [-0.15, -0.1) is 0 Å². The Hall–Kier alpha value is -3.94. The number of hydrogen-bond acceptors (Lipinski definition) is 5. The van der Waals surface area contributed by atoms with Gasteiger partial charge in [-0.25, -0.2) is 9.48 Å². The van der Waals surface area contributed by atoms with Gasteiger partial charge in [-0.05, 0) is 19.1 Å². The van der Waals surface area contributed by atoms with Crippen LogP contribution in [0.2, 0.25) is 0 Å². The number of benzene rings is 2. The highest BCUT2D eigenvalue weighted by Gasteiger charge is 2.26. The Morgan fingerprint density at radius 2 is 1.61 bits per heavy atom. The molecule has 2 amide bonds. The molecule has 2 aromatic carbocycles. The van der Waals surface area contributed by atoms with E-state index < -0.39 is 29.9 Å². The molecule has 0 saturated heterocycles. The zero-order valence-corrected chi connectivity index (χ0v) is 19.2. The van der Waals surface area contributed by atoms with Crippen LogP contribution in [-0.2, 0) is 19.1 Å². The number of carbonyl (C=O) groups excluding carboxylic acids is 3. The Morgan fingerprint density at radius 1 is 1.00 bits per heavy atom. The molecule has 172 valence electrons. The number of nitrogens with zero attached hydrogens (tertiary/aromatic N) is 2. The van der Waals surface area contributed by atoms with Crippen molar-refractivity contribution >= 4 is 23.6 Å². The molecule has 1 atom stereocenters. The van der Waals surface area contributed by atoms with Crippen molar-refractivity contribution in [1.82, 2.24) is 15.1 Å². The number of hydrogen-bond donors (Lipinski definition) is 2. The lowest BCUT2D eigenvalue weighted by Gasteiger charge is -2.20. The molecule has 0 aliphatic heterocycles. The summed E-state index contributed by atoms with van der Waals surface area (Å²) >= 11 is 0. The first-order valence-electron chi connectivity index (χ1n) is 10.6. The molecule has 0 saturated carbocycles. The van der Waals surface area contributed by atoms with Gasteiger partial charge in [0.1, 0.15) is 11.9 Å². The van der Waals surface area contributed by atoms with Gasteiger partial charge in [0.05, 0.1) is 11.4 Å². The summed E-state index contributed by atoms with van der Waals surface area (Å²) in [4.78, 5) is 36.8. The highest BCUT2D eigenvalue weighted by atomic mass is 16.5. The van der Waals surface area contributed by atoms with Crippen molar-refractivity contribution in [3.8, 4) is 16.9 Å². The number of amides is 2. The molecule has 0 bridgehead atoms. The van der Waals surface area contributed by atoms with Crippen LogP contribution >= 0.6 is 0 Å². The van der Waals surface area contributed by atoms with Crippen LogP contribution in [0.15, 0.2) is 66.7 Å². The van der Waals surface area contributed by atoms with E-state index in [1.54, 1.807) is 31.5 Å². The summed E-state index contributed by atoms with van der Waals surface area (Å²) in [6.07, 6.45) is 0. The van der Waals surface area contributed by atoms with E-state index in [0.717, 1.165) is 11.3 Å². The molecular formula is C25H28N4O4. The molecule has 0 fully saturated rings. The van der Waals surface area contributed by atoms with Gasteiger partial charge in [0.2, 0.25) is 5.91 Å². The molecule has 1 aromatic heterocycles. The van der Waals surface area contributed by atoms with Gasteiger partial charge in [0.25, 0.3) is 5.91 Å². The van der Waals surface area contributed by atoms with E-state index in [1.165, 1.54) is 6.92 Å². The second kappa shape index (κ2) is 10.1. The van der Waals surface area contributed by atoms with E-state index in [0.29, 0.717) is 11.5 Å². The number of ether oxygens (including phenoxy) is 1. The molecule has 0 radical (unpaired) electrons. The standard InChI is InChI=1S/C25H28N4O4/c1-17(26-24(32)25(2,3)4)23(31)33-16-22(30)27-21-15-20(18-11-7-5-8-12-18)28-29(21)19-13-9-6-10-14-19/h5-15,17H,16H2,1-4H3,(H,26,32)(H,27,30). The highest BCUT2D eigenvalue weighted by Crippen LogP contribution is 2.24. The monoisotopic (exact) mass is 448 g/mol. The van der Waals surface area contributed by atoms with Crippen LogP contribution in [0.25, 0.3) is 16.9 Å². The molecule has 0 spiro atoms. The maximum atomic E-state index is 12.5. The fraction of sp³-hybridized carbons (Fsp3) is 0.280. The van der Waals surface area contributed by atoms with Crippen molar-refractivity contribution in [1.29, 1.82) is 0 Å². The zero-order valence-electron chi connectivity index (χ0n) is 19.2. The van der Waals surface area contributed by atoms with Gasteiger partial charge < -0.3 is 15.4 Å². The number of para-hydroxylation sites is 1. The SMILES string of the molecule is CC(NC(=O)C(C)(C)C)C(=O)OCC(=O)Nc1cc(-c2ccccc2)nn1-c1ccccc1. The Bertz CT molecular complexity index is 1120. The molecule has 33 heavy (non-hydrogen) atoms. The maximum absolute atomic E-state index is 12.5. The van der Waals surface area contributed by atoms with Crippen LogP contribution in [0.3, 0.4) is 0 Å². The first kappa shape index (κ1) is 23.7. The summed E-state index contributed by atoms with van der Waals surface area (Å²) < 4.78 is 6.71. The van der Waals surface area contributed by atoms with Crippen LogP contribution in [0.4, 0.5) is 5.82 Å². The van der Waals surface area contributed by atoms with Crippen LogP contribution in [0.5, 0.6) is 0 Å². The minimum absolute atomic E-state index is 0.281. The Morgan fingerprint density at radius 3 is 2.21 bits per heavy atom. The Kier molecular flexibility index (Phi) is 7.27. The average Bonchev–Trinajstić information content (AvgIpc) is 3.21. The van der Waals surface area contributed by atoms with E-state index in [2.05, 4.69) is 15.7 Å². The van der Waals surface area contributed by atoms with Crippen LogP contribution in [-0.4, -0.2) is 40.2 Å². The van der Waals surface area contributed by atoms with E-state index >= 15 is 0 Å². The largest absolute Gasteiger partial charge is 0.454 e. The smallest absolute Gasteiger partial charge is 0.328 e. The summed E-state index contributed by atoms with van der Waals surface area (Å²) in [7, 11) is 0. The van der Waals surface area contributed by atoms with E-state index in [4.69, 9.17) is 4.74 Å². The van der Waals surface area contributed by atoms with E-state index in [1.807, 2.05) is 60.7 Å².